The summed E-state index contributed by atoms with van der Waals surface area (Å²) in [6.07, 6.45) is 0.624. The van der Waals surface area contributed by atoms with Crippen molar-refractivity contribution in [3.05, 3.63) is 52.3 Å². The van der Waals surface area contributed by atoms with Gasteiger partial charge in [-0.2, -0.15) is 5.10 Å². The SMILES string of the molecule is Cc1cc(C)cc(COC(=O)N2CCCn3nc(CBr)cc3C2)c1. The van der Waals surface area contributed by atoms with Gasteiger partial charge in [0.1, 0.15) is 6.61 Å². The van der Waals surface area contributed by atoms with Crippen molar-refractivity contribution in [1.29, 1.82) is 0 Å². The monoisotopic (exact) mass is 391 g/mol. The Labute approximate surface area is 150 Å². The van der Waals surface area contributed by atoms with Crippen molar-refractivity contribution < 1.29 is 9.53 Å². The summed E-state index contributed by atoms with van der Waals surface area (Å²) in [5.41, 5.74) is 5.45. The quantitative estimate of drug-likeness (QED) is 0.744. The van der Waals surface area contributed by atoms with E-state index in [-0.39, 0.29) is 6.09 Å². The Morgan fingerprint density at radius 3 is 2.67 bits per heavy atom. The first-order valence-corrected chi connectivity index (χ1v) is 9.28. The van der Waals surface area contributed by atoms with Gasteiger partial charge in [0.25, 0.3) is 0 Å². The first-order chi connectivity index (χ1) is 11.5. The van der Waals surface area contributed by atoms with Gasteiger partial charge in [-0.05, 0) is 31.9 Å². The molecule has 1 aromatic heterocycles. The van der Waals surface area contributed by atoms with Crippen molar-refractivity contribution >= 4 is 22.0 Å². The van der Waals surface area contributed by atoms with Crippen molar-refractivity contribution in [3.8, 4) is 0 Å². The van der Waals surface area contributed by atoms with Crippen LogP contribution in [-0.2, 0) is 29.8 Å². The van der Waals surface area contributed by atoms with Gasteiger partial charge >= 0.3 is 6.09 Å². The summed E-state index contributed by atoms with van der Waals surface area (Å²) in [4.78, 5) is 14.2. The average molecular weight is 392 g/mol. The Balaban J connectivity index is 1.64. The Morgan fingerprint density at radius 2 is 1.96 bits per heavy atom. The molecule has 3 rings (SSSR count). The molecular formula is C18H22BrN3O2. The Kier molecular flexibility index (Phi) is 5.23. The lowest BCUT2D eigenvalue weighted by atomic mass is 10.1. The number of alkyl halides is 1. The molecule has 0 aliphatic carbocycles. The molecule has 0 spiro atoms. The second-order valence-electron chi connectivity index (χ2n) is 6.31. The molecule has 1 aromatic carbocycles. The molecule has 2 heterocycles. The van der Waals surface area contributed by atoms with E-state index in [0.29, 0.717) is 19.7 Å². The van der Waals surface area contributed by atoms with Crippen LogP contribution >= 0.6 is 15.9 Å². The van der Waals surface area contributed by atoms with E-state index in [2.05, 4.69) is 53.1 Å². The molecule has 0 fully saturated rings. The number of hydrogen-bond acceptors (Lipinski definition) is 3. The molecule has 0 N–H and O–H groups in total. The van der Waals surface area contributed by atoms with Gasteiger partial charge in [-0.15, -0.1) is 0 Å². The molecule has 6 heteroatoms. The summed E-state index contributed by atoms with van der Waals surface area (Å²) in [5.74, 6) is 0. The van der Waals surface area contributed by atoms with E-state index in [1.165, 1.54) is 11.1 Å². The normalized spacial score (nSPS) is 14.2. The van der Waals surface area contributed by atoms with Crippen LogP contribution in [0.2, 0.25) is 0 Å². The lowest BCUT2D eigenvalue weighted by Gasteiger charge is -2.19. The number of carbonyl (C=O) groups excluding carboxylic acids is 1. The van der Waals surface area contributed by atoms with Crippen LogP contribution < -0.4 is 0 Å². The number of ether oxygens (including phenoxy) is 1. The van der Waals surface area contributed by atoms with Gasteiger partial charge in [0.15, 0.2) is 0 Å². The van der Waals surface area contributed by atoms with Crippen molar-refractivity contribution in [2.75, 3.05) is 6.54 Å². The van der Waals surface area contributed by atoms with Crippen LogP contribution in [0.3, 0.4) is 0 Å². The van der Waals surface area contributed by atoms with E-state index in [0.717, 1.165) is 35.2 Å². The summed E-state index contributed by atoms with van der Waals surface area (Å²) in [6.45, 7) is 6.49. The van der Waals surface area contributed by atoms with Crippen LogP contribution in [0, 0.1) is 13.8 Å². The van der Waals surface area contributed by atoms with Gasteiger partial charge in [0.05, 0.1) is 17.9 Å². The number of aromatic nitrogens is 2. The van der Waals surface area contributed by atoms with E-state index in [1.54, 1.807) is 4.90 Å². The highest BCUT2D eigenvalue weighted by Gasteiger charge is 2.21. The van der Waals surface area contributed by atoms with Crippen LogP contribution in [0.4, 0.5) is 4.79 Å². The van der Waals surface area contributed by atoms with Gasteiger partial charge < -0.3 is 9.64 Å². The van der Waals surface area contributed by atoms with Gasteiger partial charge in [0.2, 0.25) is 0 Å². The lowest BCUT2D eigenvalue weighted by Crippen LogP contribution is -2.31. The van der Waals surface area contributed by atoms with Crippen LogP contribution in [0.1, 0.15) is 34.5 Å². The Bertz CT molecular complexity index is 722. The number of benzene rings is 1. The predicted molar refractivity (Wildman–Crippen MR) is 96.0 cm³/mol. The van der Waals surface area contributed by atoms with E-state index in [9.17, 15) is 4.79 Å². The fourth-order valence-electron chi connectivity index (χ4n) is 3.13. The van der Waals surface area contributed by atoms with Crippen molar-refractivity contribution in [3.63, 3.8) is 0 Å². The zero-order chi connectivity index (χ0) is 17.1. The third-order valence-electron chi connectivity index (χ3n) is 4.10. The molecule has 0 radical (unpaired) electrons. The average Bonchev–Trinajstić information content (AvgIpc) is 2.82. The number of rotatable bonds is 3. The first kappa shape index (κ1) is 17.0. The highest BCUT2D eigenvalue weighted by atomic mass is 79.9. The molecule has 5 nitrogen and oxygen atoms in total. The molecule has 0 saturated carbocycles. The highest BCUT2D eigenvalue weighted by molar-refractivity contribution is 9.08. The molecule has 128 valence electrons. The largest absolute Gasteiger partial charge is 0.445 e. The molecule has 24 heavy (non-hydrogen) atoms. The van der Waals surface area contributed by atoms with Gasteiger partial charge in [-0.3, -0.25) is 4.68 Å². The smallest absolute Gasteiger partial charge is 0.410 e. The Morgan fingerprint density at radius 1 is 1.21 bits per heavy atom. The second kappa shape index (κ2) is 7.38. The van der Waals surface area contributed by atoms with Crippen LogP contribution in [0.25, 0.3) is 0 Å². The lowest BCUT2D eigenvalue weighted by molar-refractivity contribution is 0.0941. The number of amides is 1. The fourth-order valence-corrected chi connectivity index (χ4v) is 3.41. The molecule has 1 amide bonds. The van der Waals surface area contributed by atoms with Gasteiger partial charge in [-0.1, -0.05) is 45.3 Å². The maximum absolute atomic E-state index is 12.4. The minimum absolute atomic E-state index is 0.260. The molecule has 1 aliphatic rings. The number of fused-ring (bicyclic) bond motifs is 1. The number of aryl methyl sites for hydroxylation is 3. The predicted octanol–water partition coefficient (Wildman–Crippen LogP) is 3.94. The summed E-state index contributed by atoms with van der Waals surface area (Å²) in [5, 5.41) is 5.25. The first-order valence-electron chi connectivity index (χ1n) is 8.15. The summed E-state index contributed by atoms with van der Waals surface area (Å²) in [7, 11) is 0. The molecule has 0 bridgehead atoms. The van der Waals surface area contributed by atoms with Crippen LogP contribution in [0.15, 0.2) is 24.3 Å². The molecule has 1 aliphatic heterocycles. The minimum atomic E-state index is -0.260. The standard InChI is InChI=1S/C18H22BrN3O2/c1-13-6-14(2)8-15(7-13)12-24-18(23)21-4-3-5-22-17(11-21)9-16(10-19)20-22/h6-9H,3-5,10-12H2,1-2H3. The van der Waals surface area contributed by atoms with E-state index < -0.39 is 0 Å². The molecular weight excluding hydrogens is 370 g/mol. The molecule has 0 atom stereocenters. The zero-order valence-electron chi connectivity index (χ0n) is 14.1. The van der Waals surface area contributed by atoms with Crippen molar-refractivity contribution in [2.45, 2.75) is 45.3 Å². The summed E-state index contributed by atoms with van der Waals surface area (Å²) >= 11 is 3.43. The number of halogens is 1. The third kappa shape index (κ3) is 3.98. The molecule has 0 saturated heterocycles. The molecule has 0 unspecified atom stereocenters. The topological polar surface area (TPSA) is 47.4 Å². The number of hydrogen-bond donors (Lipinski definition) is 0. The fraction of sp³-hybridized carbons (Fsp3) is 0.444. The number of nitrogens with zero attached hydrogens (tertiary/aromatic N) is 3. The Hall–Kier alpha value is -1.82. The van der Waals surface area contributed by atoms with Crippen LogP contribution in [0.5, 0.6) is 0 Å². The van der Waals surface area contributed by atoms with Crippen molar-refractivity contribution in [1.82, 2.24) is 14.7 Å². The summed E-state index contributed by atoms with van der Waals surface area (Å²) in [6, 6.07) is 8.27. The second-order valence-corrected chi connectivity index (χ2v) is 6.87. The highest BCUT2D eigenvalue weighted by Crippen LogP contribution is 2.17. The molecule has 2 aromatic rings. The third-order valence-corrected chi connectivity index (χ3v) is 4.68. The van der Waals surface area contributed by atoms with Crippen molar-refractivity contribution in [2.24, 2.45) is 0 Å². The van der Waals surface area contributed by atoms with E-state index in [4.69, 9.17) is 4.74 Å². The van der Waals surface area contributed by atoms with E-state index in [1.807, 2.05) is 10.7 Å². The van der Waals surface area contributed by atoms with Crippen LogP contribution in [-0.4, -0.2) is 27.3 Å². The maximum Gasteiger partial charge on any atom is 0.410 e. The summed E-state index contributed by atoms with van der Waals surface area (Å²) < 4.78 is 7.52. The maximum atomic E-state index is 12.4. The number of carbonyl (C=O) groups is 1. The zero-order valence-corrected chi connectivity index (χ0v) is 15.7. The van der Waals surface area contributed by atoms with E-state index >= 15 is 0 Å². The minimum Gasteiger partial charge on any atom is -0.445 e. The van der Waals surface area contributed by atoms with Gasteiger partial charge in [-0.25, -0.2) is 4.79 Å². The van der Waals surface area contributed by atoms with Gasteiger partial charge in [0, 0.05) is 18.4 Å².